The Balaban J connectivity index is 2.89. The van der Waals surface area contributed by atoms with Gasteiger partial charge in [0.2, 0.25) is 0 Å². The molecule has 0 radical (unpaired) electrons. The minimum absolute atomic E-state index is 0.418. The summed E-state index contributed by atoms with van der Waals surface area (Å²) in [5, 5.41) is 9.72. The molecule has 0 bridgehead atoms. The van der Waals surface area contributed by atoms with Gasteiger partial charge in [-0.3, -0.25) is 0 Å². The summed E-state index contributed by atoms with van der Waals surface area (Å²) in [5.74, 6) is 0. The van der Waals surface area contributed by atoms with Crippen LogP contribution in [0, 0.1) is 18.3 Å². The average Bonchev–Trinajstić information content (AvgIpc) is 2.48. The normalized spacial score (nSPS) is 10.2. The van der Waals surface area contributed by atoms with E-state index in [-0.39, 0.29) is 0 Å². The number of fused-ring (bicyclic) bond motifs is 1. The minimum Gasteiger partial charge on any atom is -0.346 e. The smallest absolute Gasteiger partial charge is 0.144 e. The van der Waals surface area contributed by atoms with E-state index in [2.05, 4.69) is 25.9 Å². The van der Waals surface area contributed by atoms with Crippen LogP contribution < -0.4 is 0 Å². The van der Waals surface area contributed by atoms with Crippen molar-refractivity contribution in [3.8, 4) is 6.07 Å². The maximum Gasteiger partial charge on any atom is 0.144 e. The summed E-state index contributed by atoms with van der Waals surface area (Å²) in [6.07, 6.45) is 1.88. The zero-order valence-corrected chi connectivity index (χ0v) is 8.51. The Morgan fingerprint density at radius 3 is 3.08 bits per heavy atom. The third-order valence-corrected chi connectivity index (χ3v) is 2.53. The van der Waals surface area contributed by atoms with Crippen LogP contribution in [-0.4, -0.2) is 9.97 Å². The van der Waals surface area contributed by atoms with E-state index in [0.717, 1.165) is 21.1 Å². The van der Waals surface area contributed by atoms with Crippen molar-refractivity contribution in [2.75, 3.05) is 0 Å². The van der Waals surface area contributed by atoms with Crippen LogP contribution in [0.5, 0.6) is 0 Å². The molecule has 13 heavy (non-hydrogen) atoms. The number of hydrogen-bond donors (Lipinski definition) is 1. The van der Waals surface area contributed by atoms with E-state index in [1.54, 1.807) is 6.07 Å². The Kier molecular flexibility index (Phi) is 1.82. The van der Waals surface area contributed by atoms with Gasteiger partial charge in [-0.1, -0.05) is 0 Å². The second-order valence-corrected chi connectivity index (χ2v) is 3.65. The van der Waals surface area contributed by atoms with E-state index in [1.165, 1.54) is 0 Å². The second-order valence-electron chi connectivity index (χ2n) is 2.80. The van der Waals surface area contributed by atoms with Gasteiger partial charge in [0.15, 0.2) is 0 Å². The molecule has 0 aliphatic heterocycles. The number of rotatable bonds is 0. The van der Waals surface area contributed by atoms with E-state index >= 15 is 0 Å². The third-order valence-electron chi connectivity index (χ3n) is 1.91. The second kappa shape index (κ2) is 2.86. The lowest BCUT2D eigenvalue weighted by Crippen LogP contribution is -1.84. The van der Waals surface area contributed by atoms with Crippen molar-refractivity contribution in [3.63, 3.8) is 0 Å². The molecule has 0 aromatic carbocycles. The van der Waals surface area contributed by atoms with Gasteiger partial charge in [0, 0.05) is 16.1 Å². The highest BCUT2D eigenvalue weighted by molar-refractivity contribution is 9.10. The Bertz CT molecular complexity index is 507. The molecule has 0 aliphatic rings. The number of aromatic amines is 1. The van der Waals surface area contributed by atoms with Crippen LogP contribution in [0.15, 0.2) is 16.7 Å². The number of H-pyrrole nitrogens is 1. The largest absolute Gasteiger partial charge is 0.346 e. The van der Waals surface area contributed by atoms with Gasteiger partial charge in [-0.2, -0.15) is 5.26 Å². The molecule has 64 valence electrons. The first-order valence-corrected chi connectivity index (χ1v) is 4.56. The Hall–Kier alpha value is -1.34. The van der Waals surface area contributed by atoms with Gasteiger partial charge < -0.3 is 4.98 Å². The molecule has 0 unspecified atom stereocenters. The molecule has 0 fully saturated rings. The first-order valence-electron chi connectivity index (χ1n) is 3.76. The van der Waals surface area contributed by atoms with E-state index in [9.17, 15) is 0 Å². The molecule has 0 spiro atoms. The van der Waals surface area contributed by atoms with Gasteiger partial charge in [-0.05, 0) is 34.5 Å². The van der Waals surface area contributed by atoms with Gasteiger partial charge >= 0.3 is 0 Å². The summed E-state index contributed by atoms with van der Waals surface area (Å²) in [5.41, 5.74) is 2.29. The number of aryl methyl sites for hydroxylation is 1. The van der Waals surface area contributed by atoms with E-state index < -0.39 is 0 Å². The zero-order chi connectivity index (χ0) is 9.42. The molecular formula is C9H6BrN3. The fourth-order valence-electron chi connectivity index (χ4n) is 1.30. The highest BCUT2D eigenvalue weighted by Gasteiger charge is 2.06. The third kappa shape index (κ3) is 1.21. The average molecular weight is 236 g/mol. The van der Waals surface area contributed by atoms with E-state index in [4.69, 9.17) is 5.26 Å². The fourth-order valence-corrected chi connectivity index (χ4v) is 2.02. The van der Waals surface area contributed by atoms with Crippen molar-refractivity contribution in [1.29, 1.82) is 5.26 Å². The van der Waals surface area contributed by atoms with Gasteiger partial charge in [-0.25, -0.2) is 4.98 Å². The van der Waals surface area contributed by atoms with Crippen molar-refractivity contribution in [2.24, 2.45) is 0 Å². The number of halogens is 1. The summed E-state index contributed by atoms with van der Waals surface area (Å²) in [6, 6.07) is 3.73. The lowest BCUT2D eigenvalue weighted by atomic mass is 10.2. The molecule has 4 heteroatoms. The summed E-state index contributed by atoms with van der Waals surface area (Å²) in [7, 11) is 0. The summed E-state index contributed by atoms with van der Waals surface area (Å²) in [6.45, 7) is 2.00. The maximum atomic E-state index is 8.68. The Morgan fingerprint density at radius 2 is 2.38 bits per heavy atom. The highest BCUT2D eigenvalue weighted by Crippen LogP contribution is 2.25. The number of nitriles is 1. The topological polar surface area (TPSA) is 52.5 Å². The number of hydrogen-bond acceptors (Lipinski definition) is 2. The quantitative estimate of drug-likeness (QED) is 0.763. The van der Waals surface area contributed by atoms with Crippen LogP contribution in [-0.2, 0) is 0 Å². The zero-order valence-electron chi connectivity index (χ0n) is 6.93. The van der Waals surface area contributed by atoms with Crippen LogP contribution in [0.3, 0.4) is 0 Å². The van der Waals surface area contributed by atoms with Crippen LogP contribution in [0.4, 0.5) is 0 Å². The van der Waals surface area contributed by atoms with Gasteiger partial charge in [-0.15, -0.1) is 0 Å². The number of nitrogens with one attached hydrogen (secondary N) is 1. The molecule has 0 atom stereocenters. The Morgan fingerprint density at radius 1 is 1.62 bits per heavy atom. The lowest BCUT2D eigenvalue weighted by Gasteiger charge is -1.95. The number of nitrogens with zero attached hydrogens (tertiary/aromatic N) is 2. The molecule has 0 saturated carbocycles. The van der Waals surface area contributed by atoms with Crippen molar-refractivity contribution >= 4 is 27.0 Å². The highest BCUT2D eigenvalue weighted by atomic mass is 79.9. The molecule has 2 aromatic heterocycles. The fraction of sp³-hybridized carbons (Fsp3) is 0.111. The SMILES string of the molecule is Cc1c[nH]c2nc(C#N)cc(Br)c12. The van der Waals surface area contributed by atoms with Gasteiger partial charge in [0.25, 0.3) is 0 Å². The van der Waals surface area contributed by atoms with Crippen LogP contribution >= 0.6 is 15.9 Å². The summed E-state index contributed by atoms with van der Waals surface area (Å²) < 4.78 is 0.910. The van der Waals surface area contributed by atoms with Crippen molar-refractivity contribution in [2.45, 2.75) is 6.92 Å². The molecule has 2 aromatic rings. The molecule has 0 aliphatic carbocycles. The van der Waals surface area contributed by atoms with Crippen molar-refractivity contribution in [3.05, 3.63) is 28.0 Å². The van der Waals surface area contributed by atoms with E-state index in [0.29, 0.717) is 5.69 Å². The molecule has 3 nitrogen and oxygen atoms in total. The molecule has 1 N–H and O–H groups in total. The van der Waals surface area contributed by atoms with Crippen LogP contribution in [0.1, 0.15) is 11.3 Å². The van der Waals surface area contributed by atoms with Crippen LogP contribution in [0.25, 0.3) is 11.0 Å². The Labute approximate surface area is 83.5 Å². The van der Waals surface area contributed by atoms with E-state index in [1.807, 2.05) is 19.2 Å². The van der Waals surface area contributed by atoms with Crippen molar-refractivity contribution < 1.29 is 0 Å². The first kappa shape index (κ1) is 8.27. The summed E-state index contributed by atoms with van der Waals surface area (Å²) >= 11 is 3.41. The van der Waals surface area contributed by atoms with Gasteiger partial charge in [0.05, 0.1) is 0 Å². The molecule has 2 rings (SSSR count). The molecule has 2 heterocycles. The minimum atomic E-state index is 0.418. The maximum absolute atomic E-state index is 8.68. The van der Waals surface area contributed by atoms with Gasteiger partial charge in [0.1, 0.15) is 17.4 Å². The first-order chi connectivity index (χ1) is 6.22. The molecule has 0 amide bonds. The standard InChI is InChI=1S/C9H6BrN3/c1-5-4-12-9-8(5)7(10)2-6(3-11)13-9/h2,4H,1H3,(H,12,13). The predicted octanol–water partition coefficient (Wildman–Crippen LogP) is 2.51. The van der Waals surface area contributed by atoms with Crippen LogP contribution in [0.2, 0.25) is 0 Å². The number of pyridine rings is 1. The summed E-state index contributed by atoms with van der Waals surface area (Å²) in [4.78, 5) is 7.14. The number of aromatic nitrogens is 2. The monoisotopic (exact) mass is 235 g/mol. The molecule has 0 saturated heterocycles. The molecular weight excluding hydrogens is 230 g/mol. The predicted molar refractivity (Wildman–Crippen MR) is 53.2 cm³/mol. The lowest BCUT2D eigenvalue weighted by molar-refractivity contribution is 1.27. The van der Waals surface area contributed by atoms with Crippen molar-refractivity contribution in [1.82, 2.24) is 9.97 Å².